The van der Waals surface area contributed by atoms with Crippen molar-refractivity contribution in [2.45, 2.75) is 6.92 Å². The zero-order valence-corrected chi connectivity index (χ0v) is 14.0. The molecule has 0 aromatic heterocycles. The molecule has 0 fully saturated rings. The number of benzene rings is 2. The zero-order chi connectivity index (χ0) is 14.5. The first kappa shape index (κ1) is 15.1. The van der Waals surface area contributed by atoms with Crippen LogP contribution in [0.1, 0.15) is 17.3 Å². The van der Waals surface area contributed by atoms with E-state index in [1.807, 2.05) is 31.2 Å². The van der Waals surface area contributed by atoms with Crippen molar-refractivity contribution in [2.24, 2.45) is 0 Å². The highest BCUT2D eigenvalue weighted by molar-refractivity contribution is 9.10. The maximum atomic E-state index is 12.1. The highest BCUT2D eigenvalue weighted by atomic mass is 79.9. The van der Waals surface area contributed by atoms with Crippen LogP contribution in [0.2, 0.25) is 0 Å². The van der Waals surface area contributed by atoms with Crippen LogP contribution >= 0.6 is 31.9 Å². The molecule has 0 radical (unpaired) electrons. The van der Waals surface area contributed by atoms with E-state index in [1.54, 1.807) is 18.2 Å². The molecule has 2 rings (SSSR count). The van der Waals surface area contributed by atoms with Gasteiger partial charge in [-0.1, -0.05) is 15.9 Å². The third kappa shape index (κ3) is 3.84. The molecule has 104 valence electrons. The van der Waals surface area contributed by atoms with Crippen LogP contribution in [0.4, 0.5) is 5.69 Å². The number of anilines is 1. The highest BCUT2D eigenvalue weighted by Gasteiger charge is 2.09. The third-order valence-electron chi connectivity index (χ3n) is 2.60. The summed E-state index contributed by atoms with van der Waals surface area (Å²) in [5.41, 5.74) is 1.33. The van der Waals surface area contributed by atoms with Gasteiger partial charge in [0.2, 0.25) is 0 Å². The second-order valence-electron chi connectivity index (χ2n) is 4.04. The van der Waals surface area contributed by atoms with Crippen molar-refractivity contribution >= 4 is 43.5 Å². The van der Waals surface area contributed by atoms with Crippen molar-refractivity contribution in [1.29, 1.82) is 0 Å². The van der Waals surface area contributed by atoms with E-state index in [9.17, 15) is 4.79 Å². The fourth-order valence-electron chi connectivity index (χ4n) is 1.65. The Kier molecular flexibility index (Phi) is 5.20. The first-order chi connectivity index (χ1) is 9.60. The van der Waals surface area contributed by atoms with Crippen LogP contribution in [0, 0.1) is 0 Å². The molecule has 0 aliphatic carbocycles. The first-order valence-electron chi connectivity index (χ1n) is 6.09. The molecule has 0 bridgehead atoms. The Hall–Kier alpha value is -1.33. The molecule has 0 aliphatic heterocycles. The number of nitrogens with one attached hydrogen (secondary N) is 1. The lowest BCUT2D eigenvalue weighted by Gasteiger charge is -2.09. The fraction of sp³-hybridized carbons (Fsp3) is 0.133. The Balaban J connectivity index is 2.13. The number of rotatable bonds is 4. The standard InChI is InChI=1S/C15H13Br2NO2/c1-2-20-14-8-3-10(9-13(14)17)15(19)18-12-6-4-11(16)5-7-12/h3-9H,2H2,1H3,(H,18,19). The predicted molar refractivity (Wildman–Crippen MR) is 87.4 cm³/mol. The van der Waals surface area contributed by atoms with Gasteiger partial charge >= 0.3 is 0 Å². The number of carbonyl (C=O) groups excluding carboxylic acids is 1. The number of hydrogen-bond acceptors (Lipinski definition) is 2. The summed E-state index contributed by atoms with van der Waals surface area (Å²) in [5.74, 6) is 0.573. The first-order valence-corrected chi connectivity index (χ1v) is 7.68. The van der Waals surface area contributed by atoms with Crippen LogP contribution in [0.25, 0.3) is 0 Å². The van der Waals surface area contributed by atoms with Gasteiger partial charge in [-0.2, -0.15) is 0 Å². The van der Waals surface area contributed by atoms with E-state index < -0.39 is 0 Å². The van der Waals surface area contributed by atoms with Gasteiger partial charge in [-0.25, -0.2) is 0 Å². The van der Waals surface area contributed by atoms with E-state index in [1.165, 1.54) is 0 Å². The van der Waals surface area contributed by atoms with E-state index >= 15 is 0 Å². The van der Waals surface area contributed by atoms with Crippen molar-refractivity contribution < 1.29 is 9.53 Å². The lowest BCUT2D eigenvalue weighted by molar-refractivity contribution is 0.102. The van der Waals surface area contributed by atoms with Crippen molar-refractivity contribution in [3.8, 4) is 5.75 Å². The molecule has 0 unspecified atom stereocenters. The van der Waals surface area contributed by atoms with Gasteiger partial charge in [-0.05, 0) is 65.3 Å². The number of ether oxygens (including phenoxy) is 1. The molecule has 0 spiro atoms. The molecule has 2 aromatic rings. The Morgan fingerprint density at radius 1 is 1.15 bits per heavy atom. The molecule has 1 N–H and O–H groups in total. The van der Waals surface area contributed by atoms with Gasteiger partial charge in [0.1, 0.15) is 5.75 Å². The third-order valence-corrected chi connectivity index (χ3v) is 3.74. The number of halogens is 2. The molecule has 20 heavy (non-hydrogen) atoms. The number of hydrogen-bond donors (Lipinski definition) is 1. The maximum absolute atomic E-state index is 12.1. The Bertz CT molecular complexity index is 612. The average molecular weight is 399 g/mol. The quantitative estimate of drug-likeness (QED) is 0.798. The molecule has 0 heterocycles. The van der Waals surface area contributed by atoms with Crippen LogP contribution < -0.4 is 10.1 Å². The lowest BCUT2D eigenvalue weighted by atomic mass is 10.2. The second kappa shape index (κ2) is 6.90. The topological polar surface area (TPSA) is 38.3 Å². The van der Waals surface area contributed by atoms with Crippen LogP contribution in [0.15, 0.2) is 51.4 Å². The summed E-state index contributed by atoms with van der Waals surface area (Å²) < 4.78 is 7.16. The Labute approximate surface area is 134 Å². The minimum atomic E-state index is -0.156. The smallest absolute Gasteiger partial charge is 0.255 e. The van der Waals surface area contributed by atoms with Gasteiger partial charge < -0.3 is 10.1 Å². The maximum Gasteiger partial charge on any atom is 0.255 e. The van der Waals surface area contributed by atoms with Crippen molar-refractivity contribution in [2.75, 3.05) is 11.9 Å². The van der Waals surface area contributed by atoms with Gasteiger partial charge in [0, 0.05) is 15.7 Å². The predicted octanol–water partition coefficient (Wildman–Crippen LogP) is 4.86. The second-order valence-corrected chi connectivity index (χ2v) is 5.81. The van der Waals surface area contributed by atoms with Crippen LogP contribution in [-0.4, -0.2) is 12.5 Å². The molecule has 0 saturated carbocycles. The van der Waals surface area contributed by atoms with Gasteiger partial charge in [-0.3, -0.25) is 4.79 Å². The molecule has 1 amide bonds. The molecule has 2 aromatic carbocycles. The SMILES string of the molecule is CCOc1ccc(C(=O)Nc2ccc(Br)cc2)cc1Br. The van der Waals surface area contributed by atoms with E-state index in [0.717, 1.165) is 20.4 Å². The highest BCUT2D eigenvalue weighted by Crippen LogP contribution is 2.26. The van der Waals surface area contributed by atoms with Crippen LogP contribution in [0.5, 0.6) is 5.75 Å². The van der Waals surface area contributed by atoms with Gasteiger partial charge in [-0.15, -0.1) is 0 Å². The van der Waals surface area contributed by atoms with Gasteiger partial charge in [0.15, 0.2) is 0 Å². The minimum Gasteiger partial charge on any atom is -0.493 e. The monoisotopic (exact) mass is 397 g/mol. The van der Waals surface area contributed by atoms with E-state index in [-0.39, 0.29) is 5.91 Å². The summed E-state index contributed by atoms with van der Waals surface area (Å²) in [5, 5.41) is 2.84. The summed E-state index contributed by atoms with van der Waals surface area (Å²) >= 11 is 6.76. The largest absolute Gasteiger partial charge is 0.493 e. The summed E-state index contributed by atoms with van der Waals surface area (Å²) in [7, 11) is 0. The summed E-state index contributed by atoms with van der Waals surface area (Å²) in [4.78, 5) is 12.1. The normalized spacial score (nSPS) is 10.2. The van der Waals surface area contributed by atoms with Crippen molar-refractivity contribution in [1.82, 2.24) is 0 Å². The summed E-state index contributed by atoms with van der Waals surface area (Å²) in [6.07, 6.45) is 0. The number of amides is 1. The molecule has 0 aliphatic rings. The average Bonchev–Trinajstić information content (AvgIpc) is 2.44. The number of carbonyl (C=O) groups is 1. The molecule has 0 saturated heterocycles. The Morgan fingerprint density at radius 2 is 1.85 bits per heavy atom. The summed E-state index contributed by atoms with van der Waals surface area (Å²) in [6, 6.07) is 12.7. The molecular weight excluding hydrogens is 386 g/mol. The van der Waals surface area contributed by atoms with E-state index in [0.29, 0.717) is 12.2 Å². The van der Waals surface area contributed by atoms with Gasteiger partial charge in [0.25, 0.3) is 5.91 Å². The fourth-order valence-corrected chi connectivity index (χ4v) is 2.41. The van der Waals surface area contributed by atoms with Crippen LogP contribution in [-0.2, 0) is 0 Å². The van der Waals surface area contributed by atoms with E-state index in [2.05, 4.69) is 37.2 Å². The van der Waals surface area contributed by atoms with Crippen LogP contribution in [0.3, 0.4) is 0 Å². The lowest BCUT2D eigenvalue weighted by Crippen LogP contribution is -2.11. The summed E-state index contributed by atoms with van der Waals surface area (Å²) in [6.45, 7) is 2.50. The Morgan fingerprint density at radius 3 is 2.45 bits per heavy atom. The molecule has 3 nitrogen and oxygen atoms in total. The molecule has 0 atom stereocenters. The minimum absolute atomic E-state index is 0.156. The van der Waals surface area contributed by atoms with E-state index in [4.69, 9.17) is 4.74 Å². The molecule has 5 heteroatoms. The van der Waals surface area contributed by atoms with Crippen molar-refractivity contribution in [3.63, 3.8) is 0 Å². The zero-order valence-electron chi connectivity index (χ0n) is 10.8. The van der Waals surface area contributed by atoms with Crippen molar-refractivity contribution in [3.05, 3.63) is 57.0 Å². The van der Waals surface area contributed by atoms with Gasteiger partial charge in [0.05, 0.1) is 11.1 Å². The molecular formula is C15H13Br2NO2.